The number of aryl methyl sites for hydroxylation is 1. The third-order valence-electron chi connectivity index (χ3n) is 7.63. The minimum absolute atomic E-state index is 0.0306. The summed E-state index contributed by atoms with van der Waals surface area (Å²) in [6.07, 6.45) is 8.51. The van der Waals surface area contributed by atoms with Gasteiger partial charge in [-0.3, -0.25) is 4.79 Å². The van der Waals surface area contributed by atoms with E-state index >= 15 is 0 Å². The Morgan fingerprint density at radius 3 is 2.83 bits per heavy atom. The molecule has 0 bridgehead atoms. The molecule has 1 aliphatic heterocycles. The van der Waals surface area contributed by atoms with E-state index in [9.17, 15) is 9.90 Å². The molecule has 4 nitrogen and oxygen atoms in total. The maximum atomic E-state index is 12.6. The molecule has 2 aliphatic carbocycles. The first-order valence-electron chi connectivity index (χ1n) is 9.26. The molecule has 3 fully saturated rings. The van der Waals surface area contributed by atoms with Crippen LogP contribution < -0.4 is 0 Å². The van der Waals surface area contributed by atoms with Gasteiger partial charge in [-0.25, -0.2) is 0 Å². The Balaban J connectivity index is 1.70. The van der Waals surface area contributed by atoms with Crippen molar-refractivity contribution in [2.24, 2.45) is 22.7 Å². The average Bonchev–Trinajstić information content (AvgIpc) is 3.12. The van der Waals surface area contributed by atoms with Gasteiger partial charge in [0, 0.05) is 11.3 Å². The quantitative estimate of drug-likeness (QED) is 0.857. The summed E-state index contributed by atoms with van der Waals surface area (Å²) >= 11 is 0. The van der Waals surface area contributed by atoms with Crippen molar-refractivity contribution in [1.29, 1.82) is 0 Å². The molecule has 2 heterocycles. The molecule has 2 unspecified atom stereocenters. The zero-order valence-electron chi connectivity index (χ0n) is 14.9. The smallest absolute Gasteiger partial charge is 0.312 e. The van der Waals surface area contributed by atoms with Gasteiger partial charge in [0.25, 0.3) is 0 Å². The first-order chi connectivity index (χ1) is 11.3. The zero-order valence-corrected chi connectivity index (χ0v) is 14.9. The third kappa shape index (κ3) is 1.92. The van der Waals surface area contributed by atoms with Gasteiger partial charge in [-0.15, -0.1) is 0 Å². The molecular weight excluding hydrogens is 304 g/mol. The van der Waals surface area contributed by atoms with Crippen LogP contribution in [0, 0.1) is 22.7 Å². The summed E-state index contributed by atoms with van der Waals surface area (Å²) in [4.78, 5) is 12.6. The van der Waals surface area contributed by atoms with Gasteiger partial charge in [0.1, 0.15) is 6.10 Å². The van der Waals surface area contributed by atoms with Crippen molar-refractivity contribution < 1.29 is 19.1 Å². The monoisotopic (exact) mass is 332 g/mol. The summed E-state index contributed by atoms with van der Waals surface area (Å²) in [5.74, 6) is 0.190. The van der Waals surface area contributed by atoms with Crippen LogP contribution in [0.3, 0.4) is 0 Å². The molecule has 24 heavy (non-hydrogen) atoms. The highest BCUT2D eigenvalue weighted by molar-refractivity contribution is 5.80. The zero-order chi connectivity index (χ0) is 17.2. The Morgan fingerprint density at radius 1 is 1.33 bits per heavy atom. The maximum Gasteiger partial charge on any atom is 0.312 e. The van der Waals surface area contributed by atoms with Crippen molar-refractivity contribution in [2.45, 2.75) is 71.0 Å². The number of esters is 1. The second-order valence-corrected chi connectivity index (χ2v) is 8.80. The fourth-order valence-corrected chi connectivity index (χ4v) is 6.30. The highest BCUT2D eigenvalue weighted by Crippen LogP contribution is 2.67. The van der Waals surface area contributed by atoms with E-state index in [0.29, 0.717) is 6.42 Å². The Kier molecular flexibility index (Phi) is 3.44. The Morgan fingerprint density at radius 2 is 2.12 bits per heavy atom. The number of hydrogen-bond donors (Lipinski definition) is 1. The number of furan rings is 1. The lowest BCUT2D eigenvalue weighted by atomic mass is 9.44. The molecule has 1 aromatic heterocycles. The van der Waals surface area contributed by atoms with E-state index in [0.717, 1.165) is 37.7 Å². The molecule has 0 amide bonds. The molecule has 132 valence electrons. The molecule has 0 spiro atoms. The first-order valence-corrected chi connectivity index (χ1v) is 9.26. The van der Waals surface area contributed by atoms with Crippen molar-refractivity contribution in [1.82, 2.24) is 0 Å². The molecular formula is C20H28O4. The van der Waals surface area contributed by atoms with Gasteiger partial charge in [-0.05, 0) is 56.6 Å². The largest absolute Gasteiger partial charge is 0.472 e. The number of rotatable bonds is 3. The fraction of sp³-hybridized carbons (Fsp3) is 0.750. The second-order valence-electron chi connectivity index (χ2n) is 8.80. The topological polar surface area (TPSA) is 59.7 Å². The highest BCUT2D eigenvalue weighted by Gasteiger charge is 2.70. The van der Waals surface area contributed by atoms with Crippen molar-refractivity contribution >= 4 is 5.97 Å². The van der Waals surface area contributed by atoms with Crippen LogP contribution in [-0.2, 0) is 16.0 Å². The van der Waals surface area contributed by atoms with Gasteiger partial charge in [0.15, 0.2) is 0 Å². The van der Waals surface area contributed by atoms with Gasteiger partial charge in [0.2, 0.25) is 0 Å². The summed E-state index contributed by atoms with van der Waals surface area (Å²) in [6.45, 7) is 6.38. The van der Waals surface area contributed by atoms with Crippen molar-refractivity contribution in [3.05, 3.63) is 24.2 Å². The lowest BCUT2D eigenvalue weighted by molar-refractivity contribution is -0.217. The van der Waals surface area contributed by atoms with Crippen LogP contribution in [0.4, 0.5) is 0 Å². The van der Waals surface area contributed by atoms with Gasteiger partial charge >= 0.3 is 5.97 Å². The number of carbonyl (C=O) groups excluding carboxylic acids is 1. The fourth-order valence-electron chi connectivity index (χ4n) is 6.30. The van der Waals surface area contributed by atoms with E-state index in [1.807, 2.05) is 6.07 Å². The standard InChI is InChI=1S/C20H28O4/c1-13-11-15-16-18(2,17(21)24-15)7-4-8-19(16,3)20(13,22)9-5-14-6-10-23-12-14/h6,10,12-13,15-16,22H,4-5,7-9,11H2,1-3H3/t13-,15?,16?,18+,19-,20-/m0/s1. The lowest BCUT2D eigenvalue weighted by Crippen LogP contribution is -2.65. The molecule has 1 saturated heterocycles. The summed E-state index contributed by atoms with van der Waals surface area (Å²) in [7, 11) is 0. The molecule has 0 radical (unpaired) electrons. The first kappa shape index (κ1) is 16.2. The van der Waals surface area contributed by atoms with Crippen LogP contribution in [0.15, 0.2) is 23.0 Å². The molecule has 3 aliphatic rings. The van der Waals surface area contributed by atoms with Crippen LogP contribution in [0.1, 0.15) is 58.4 Å². The van der Waals surface area contributed by atoms with Gasteiger partial charge < -0.3 is 14.3 Å². The van der Waals surface area contributed by atoms with Crippen LogP contribution in [0.2, 0.25) is 0 Å². The molecule has 1 aromatic rings. The van der Waals surface area contributed by atoms with E-state index in [1.165, 1.54) is 0 Å². The number of ether oxygens (including phenoxy) is 1. The minimum atomic E-state index is -0.777. The molecule has 4 rings (SSSR count). The Hall–Kier alpha value is -1.29. The molecule has 4 heteroatoms. The van der Waals surface area contributed by atoms with E-state index in [1.54, 1.807) is 12.5 Å². The average molecular weight is 332 g/mol. The second kappa shape index (κ2) is 5.10. The van der Waals surface area contributed by atoms with Crippen molar-refractivity contribution in [2.75, 3.05) is 0 Å². The Bertz CT molecular complexity index is 638. The SMILES string of the molecule is C[C@H]1CC2OC(=O)[C@]3(C)CCC[C@@](C)(C23)[C@]1(O)CCc1ccoc1. The predicted octanol–water partition coefficient (Wildman–Crippen LogP) is 3.72. The lowest BCUT2D eigenvalue weighted by Gasteiger charge is -2.61. The van der Waals surface area contributed by atoms with Crippen LogP contribution >= 0.6 is 0 Å². The van der Waals surface area contributed by atoms with Crippen LogP contribution in [-0.4, -0.2) is 22.8 Å². The summed E-state index contributed by atoms with van der Waals surface area (Å²) in [6, 6.07) is 1.97. The van der Waals surface area contributed by atoms with Crippen LogP contribution in [0.25, 0.3) is 0 Å². The van der Waals surface area contributed by atoms with Crippen molar-refractivity contribution in [3.8, 4) is 0 Å². The van der Waals surface area contributed by atoms with Crippen molar-refractivity contribution in [3.63, 3.8) is 0 Å². The molecule has 2 saturated carbocycles. The minimum Gasteiger partial charge on any atom is -0.472 e. The van der Waals surface area contributed by atoms with Crippen LogP contribution in [0.5, 0.6) is 0 Å². The summed E-state index contributed by atoms with van der Waals surface area (Å²) in [5.41, 5.74) is -0.362. The molecule has 6 atom stereocenters. The predicted molar refractivity (Wildman–Crippen MR) is 89.2 cm³/mol. The van der Waals surface area contributed by atoms with E-state index < -0.39 is 11.0 Å². The third-order valence-corrected chi connectivity index (χ3v) is 7.63. The van der Waals surface area contributed by atoms with E-state index in [2.05, 4.69) is 20.8 Å². The number of hydrogen-bond acceptors (Lipinski definition) is 4. The molecule has 1 N–H and O–H groups in total. The van der Waals surface area contributed by atoms with Gasteiger partial charge in [-0.2, -0.15) is 0 Å². The highest BCUT2D eigenvalue weighted by atomic mass is 16.6. The van der Waals surface area contributed by atoms with E-state index in [4.69, 9.17) is 9.15 Å². The number of aliphatic hydroxyl groups is 1. The van der Waals surface area contributed by atoms with Gasteiger partial charge in [0.05, 0.1) is 23.5 Å². The van der Waals surface area contributed by atoms with Gasteiger partial charge in [-0.1, -0.05) is 20.3 Å². The van der Waals surface area contributed by atoms with E-state index in [-0.39, 0.29) is 29.3 Å². The number of carbonyl (C=O) groups is 1. The normalized spacial score (nSPS) is 47.3. The molecule has 0 aromatic carbocycles. The summed E-state index contributed by atoms with van der Waals surface area (Å²) < 4.78 is 11.0. The Labute approximate surface area is 143 Å². The maximum absolute atomic E-state index is 12.6. The summed E-state index contributed by atoms with van der Waals surface area (Å²) in [5, 5.41) is 11.9.